The zero-order valence-electron chi connectivity index (χ0n) is 12.1. The molecule has 4 heteroatoms. The molecule has 2 rings (SSSR count). The number of benzene rings is 2. The number of ether oxygens (including phenoxy) is 1. The Morgan fingerprint density at radius 1 is 1.05 bits per heavy atom. The number of hydrogen-bond acceptors (Lipinski definition) is 3. The number of amides is 1. The Balaban J connectivity index is 1.99. The van der Waals surface area contributed by atoms with Gasteiger partial charge >= 0.3 is 5.97 Å². The quantitative estimate of drug-likeness (QED) is 0.878. The molecule has 0 fully saturated rings. The van der Waals surface area contributed by atoms with Gasteiger partial charge in [-0.25, -0.2) is 4.79 Å². The maximum absolute atomic E-state index is 12.1. The highest BCUT2D eigenvalue weighted by Gasteiger charge is 2.08. The summed E-state index contributed by atoms with van der Waals surface area (Å²) in [5, 5.41) is 2.86. The van der Waals surface area contributed by atoms with Gasteiger partial charge in [0.1, 0.15) is 0 Å². The van der Waals surface area contributed by atoms with Crippen LogP contribution in [0.5, 0.6) is 0 Å². The molecule has 0 aliphatic carbocycles. The number of rotatable bonds is 4. The molecule has 4 nitrogen and oxygen atoms in total. The number of nitrogens with one attached hydrogen (secondary N) is 1. The second-order valence-electron chi connectivity index (χ2n) is 4.69. The molecular formula is C17H17NO3. The van der Waals surface area contributed by atoms with E-state index < -0.39 is 0 Å². The van der Waals surface area contributed by atoms with Crippen molar-refractivity contribution < 1.29 is 14.3 Å². The summed E-state index contributed by atoms with van der Waals surface area (Å²) in [6, 6.07) is 14.4. The first kappa shape index (κ1) is 14.8. The van der Waals surface area contributed by atoms with Crippen molar-refractivity contribution in [2.75, 3.05) is 7.11 Å². The van der Waals surface area contributed by atoms with E-state index in [-0.39, 0.29) is 11.9 Å². The van der Waals surface area contributed by atoms with Crippen molar-refractivity contribution in [3.63, 3.8) is 0 Å². The lowest BCUT2D eigenvalue weighted by molar-refractivity contribution is 0.0600. The van der Waals surface area contributed by atoms with Crippen LogP contribution < -0.4 is 5.32 Å². The zero-order valence-corrected chi connectivity index (χ0v) is 12.1. The fourth-order valence-electron chi connectivity index (χ4n) is 1.98. The van der Waals surface area contributed by atoms with Gasteiger partial charge in [0.15, 0.2) is 0 Å². The highest BCUT2D eigenvalue weighted by atomic mass is 16.5. The van der Waals surface area contributed by atoms with Crippen molar-refractivity contribution in [3.8, 4) is 0 Å². The number of carbonyl (C=O) groups excluding carboxylic acids is 2. The van der Waals surface area contributed by atoms with Crippen molar-refractivity contribution in [2.45, 2.75) is 13.5 Å². The summed E-state index contributed by atoms with van der Waals surface area (Å²) in [6.45, 7) is 2.31. The summed E-state index contributed by atoms with van der Waals surface area (Å²) in [7, 11) is 1.35. The molecule has 2 aromatic rings. The fourth-order valence-corrected chi connectivity index (χ4v) is 1.98. The number of esters is 1. The van der Waals surface area contributed by atoms with E-state index >= 15 is 0 Å². The van der Waals surface area contributed by atoms with Crippen molar-refractivity contribution in [3.05, 3.63) is 70.8 Å². The molecule has 0 unspecified atom stereocenters. The highest BCUT2D eigenvalue weighted by molar-refractivity contribution is 5.95. The molecule has 2 aromatic carbocycles. The van der Waals surface area contributed by atoms with Crippen LogP contribution in [0.25, 0.3) is 0 Å². The summed E-state index contributed by atoms with van der Waals surface area (Å²) >= 11 is 0. The van der Waals surface area contributed by atoms with Gasteiger partial charge in [-0.05, 0) is 36.2 Å². The lowest BCUT2D eigenvalue weighted by Gasteiger charge is -2.08. The van der Waals surface area contributed by atoms with Gasteiger partial charge in [-0.15, -0.1) is 0 Å². The molecule has 0 saturated carbocycles. The van der Waals surface area contributed by atoms with E-state index in [0.717, 1.165) is 11.1 Å². The van der Waals surface area contributed by atoms with Gasteiger partial charge < -0.3 is 10.1 Å². The van der Waals surface area contributed by atoms with Gasteiger partial charge in [0, 0.05) is 12.1 Å². The molecule has 0 aliphatic heterocycles. The average Bonchev–Trinajstić information content (AvgIpc) is 2.52. The van der Waals surface area contributed by atoms with Crippen molar-refractivity contribution in [1.82, 2.24) is 5.32 Å². The lowest BCUT2D eigenvalue weighted by atomic mass is 10.1. The summed E-state index contributed by atoms with van der Waals surface area (Å²) in [6.07, 6.45) is 0. The molecule has 0 aliphatic rings. The molecular weight excluding hydrogens is 266 g/mol. The molecule has 0 atom stereocenters. The maximum Gasteiger partial charge on any atom is 0.337 e. The maximum atomic E-state index is 12.1. The van der Waals surface area contributed by atoms with E-state index in [0.29, 0.717) is 17.7 Å². The van der Waals surface area contributed by atoms with Gasteiger partial charge in [-0.3, -0.25) is 4.79 Å². The Morgan fingerprint density at radius 3 is 2.33 bits per heavy atom. The summed E-state index contributed by atoms with van der Waals surface area (Å²) in [5.74, 6) is -0.476. The van der Waals surface area contributed by atoms with Crippen LogP contribution in [-0.2, 0) is 11.3 Å². The van der Waals surface area contributed by atoms with Crippen LogP contribution in [0, 0.1) is 6.92 Å². The van der Waals surface area contributed by atoms with Gasteiger partial charge in [0.25, 0.3) is 5.91 Å². The molecule has 0 spiro atoms. The van der Waals surface area contributed by atoms with Crippen molar-refractivity contribution in [2.24, 2.45) is 0 Å². The van der Waals surface area contributed by atoms with Crippen LogP contribution in [0.3, 0.4) is 0 Å². The van der Waals surface area contributed by atoms with Crippen molar-refractivity contribution >= 4 is 11.9 Å². The normalized spacial score (nSPS) is 10.0. The zero-order chi connectivity index (χ0) is 15.2. The van der Waals surface area contributed by atoms with E-state index in [2.05, 4.69) is 10.1 Å². The third kappa shape index (κ3) is 3.69. The smallest absolute Gasteiger partial charge is 0.337 e. The SMILES string of the molecule is COC(=O)c1ccc(CNC(=O)c2ccccc2C)cc1. The van der Waals surface area contributed by atoms with Crippen LogP contribution in [0.2, 0.25) is 0 Å². The molecule has 0 aromatic heterocycles. The molecule has 108 valence electrons. The minimum absolute atomic E-state index is 0.106. The number of hydrogen-bond donors (Lipinski definition) is 1. The van der Waals surface area contributed by atoms with E-state index in [1.54, 1.807) is 30.3 Å². The molecule has 1 N–H and O–H groups in total. The highest BCUT2D eigenvalue weighted by Crippen LogP contribution is 2.08. The molecule has 0 bridgehead atoms. The molecule has 21 heavy (non-hydrogen) atoms. The Hall–Kier alpha value is -2.62. The number of methoxy groups -OCH3 is 1. The second kappa shape index (κ2) is 6.70. The number of carbonyl (C=O) groups is 2. The van der Waals surface area contributed by atoms with Crippen LogP contribution in [-0.4, -0.2) is 19.0 Å². The standard InChI is InChI=1S/C17H17NO3/c1-12-5-3-4-6-15(12)16(19)18-11-13-7-9-14(10-8-13)17(20)21-2/h3-10H,11H2,1-2H3,(H,18,19). The monoisotopic (exact) mass is 283 g/mol. The molecule has 0 heterocycles. The van der Waals surface area contributed by atoms with Crippen LogP contribution >= 0.6 is 0 Å². The third-order valence-electron chi connectivity index (χ3n) is 3.22. The Labute approximate surface area is 123 Å². The minimum Gasteiger partial charge on any atom is -0.465 e. The molecule has 0 radical (unpaired) electrons. The van der Waals surface area contributed by atoms with E-state index in [1.807, 2.05) is 25.1 Å². The average molecular weight is 283 g/mol. The van der Waals surface area contributed by atoms with Crippen LogP contribution in [0.15, 0.2) is 48.5 Å². The van der Waals surface area contributed by atoms with Gasteiger partial charge in [0.05, 0.1) is 12.7 Å². The van der Waals surface area contributed by atoms with Crippen LogP contribution in [0.1, 0.15) is 31.8 Å². The first-order chi connectivity index (χ1) is 10.1. The van der Waals surface area contributed by atoms with Gasteiger partial charge in [0.2, 0.25) is 0 Å². The molecule has 0 saturated heterocycles. The predicted molar refractivity (Wildman–Crippen MR) is 80.1 cm³/mol. The third-order valence-corrected chi connectivity index (χ3v) is 3.22. The number of aryl methyl sites for hydroxylation is 1. The van der Waals surface area contributed by atoms with Gasteiger partial charge in [-0.2, -0.15) is 0 Å². The molecule has 1 amide bonds. The Bertz CT molecular complexity index is 647. The van der Waals surface area contributed by atoms with E-state index in [9.17, 15) is 9.59 Å². The predicted octanol–water partition coefficient (Wildman–Crippen LogP) is 2.71. The van der Waals surface area contributed by atoms with Gasteiger partial charge in [-0.1, -0.05) is 30.3 Å². The van der Waals surface area contributed by atoms with Crippen LogP contribution in [0.4, 0.5) is 0 Å². The minimum atomic E-state index is -0.370. The summed E-state index contributed by atoms with van der Waals surface area (Å²) in [4.78, 5) is 23.4. The van der Waals surface area contributed by atoms with E-state index in [1.165, 1.54) is 7.11 Å². The topological polar surface area (TPSA) is 55.4 Å². The Kier molecular flexibility index (Phi) is 4.72. The second-order valence-corrected chi connectivity index (χ2v) is 4.69. The lowest BCUT2D eigenvalue weighted by Crippen LogP contribution is -2.23. The van der Waals surface area contributed by atoms with Crippen molar-refractivity contribution in [1.29, 1.82) is 0 Å². The largest absolute Gasteiger partial charge is 0.465 e. The Morgan fingerprint density at radius 2 is 1.71 bits per heavy atom. The van der Waals surface area contributed by atoms with E-state index in [4.69, 9.17) is 0 Å². The first-order valence-corrected chi connectivity index (χ1v) is 6.63. The fraction of sp³-hybridized carbons (Fsp3) is 0.176. The first-order valence-electron chi connectivity index (χ1n) is 6.63. The summed E-state index contributed by atoms with van der Waals surface area (Å²) < 4.78 is 4.64. The summed E-state index contributed by atoms with van der Waals surface area (Å²) in [5.41, 5.74) is 3.02.